The summed E-state index contributed by atoms with van der Waals surface area (Å²) < 4.78 is 13.2. The summed E-state index contributed by atoms with van der Waals surface area (Å²) in [6, 6.07) is 3.94. The van der Waals surface area contributed by atoms with E-state index in [1.54, 1.807) is 4.90 Å². The molecular formula is C24H35N3O4. The third-order valence-corrected chi connectivity index (χ3v) is 6.79. The first-order valence-corrected chi connectivity index (χ1v) is 11.7. The smallest absolute Gasteiger partial charge is 0.271 e. The zero-order valence-corrected chi connectivity index (χ0v) is 19.0. The molecule has 2 aromatic heterocycles. The van der Waals surface area contributed by atoms with Crippen LogP contribution in [0.2, 0.25) is 0 Å². The van der Waals surface area contributed by atoms with Crippen LogP contribution in [0.1, 0.15) is 75.0 Å². The summed E-state index contributed by atoms with van der Waals surface area (Å²) in [5, 5.41) is 3.30. The first-order valence-electron chi connectivity index (χ1n) is 11.7. The van der Waals surface area contributed by atoms with Gasteiger partial charge < -0.3 is 23.9 Å². The Morgan fingerprint density at radius 2 is 2.00 bits per heavy atom. The maximum atomic E-state index is 13.6. The molecule has 2 aromatic rings. The molecule has 31 heavy (non-hydrogen) atoms. The molecule has 0 saturated heterocycles. The van der Waals surface area contributed by atoms with Gasteiger partial charge in [0.1, 0.15) is 17.0 Å². The molecule has 3 heterocycles. The molecule has 4 rings (SSSR count). The monoisotopic (exact) mass is 429 g/mol. The maximum Gasteiger partial charge on any atom is 0.271 e. The van der Waals surface area contributed by atoms with Gasteiger partial charge in [-0.2, -0.15) is 0 Å². The van der Waals surface area contributed by atoms with E-state index >= 15 is 0 Å². The van der Waals surface area contributed by atoms with Crippen LogP contribution in [0.25, 0.3) is 11.1 Å². The van der Waals surface area contributed by atoms with Gasteiger partial charge in [-0.1, -0.05) is 25.7 Å². The van der Waals surface area contributed by atoms with Gasteiger partial charge in [-0.3, -0.25) is 9.59 Å². The molecule has 7 nitrogen and oxygen atoms in total. The topological polar surface area (TPSA) is 76.7 Å². The number of carbonyl (C=O) groups excluding carboxylic acids is 2. The zero-order chi connectivity index (χ0) is 22.0. The van der Waals surface area contributed by atoms with Crippen LogP contribution < -0.4 is 5.32 Å². The second-order valence-corrected chi connectivity index (χ2v) is 9.17. The normalized spacial score (nSPS) is 22.5. The van der Waals surface area contributed by atoms with Crippen molar-refractivity contribution in [3.05, 3.63) is 23.6 Å². The molecule has 0 aromatic carbocycles. The van der Waals surface area contributed by atoms with Gasteiger partial charge in [0.05, 0.1) is 12.1 Å². The van der Waals surface area contributed by atoms with E-state index in [0.29, 0.717) is 44.0 Å². The van der Waals surface area contributed by atoms with E-state index in [4.69, 9.17) is 9.15 Å². The summed E-state index contributed by atoms with van der Waals surface area (Å²) in [5.74, 6) is 0.624. The van der Waals surface area contributed by atoms with E-state index in [0.717, 1.165) is 37.0 Å². The summed E-state index contributed by atoms with van der Waals surface area (Å²) in [5.41, 5.74) is 1.21. The number of hydrogen-bond donors (Lipinski definition) is 1. The number of aromatic nitrogens is 1. The van der Waals surface area contributed by atoms with Crippen LogP contribution >= 0.6 is 0 Å². The minimum atomic E-state index is -0.959. The molecule has 1 atom stereocenters. The summed E-state index contributed by atoms with van der Waals surface area (Å²) in [7, 11) is 0. The van der Waals surface area contributed by atoms with Crippen molar-refractivity contribution in [2.45, 2.75) is 83.8 Å². The van der Waals surface area contributed by atoms with Crippen molar-refractivity contribution in [2.75, 3.05) is 19.8 Å². The van der Waals surface area contributed by atoms with Crippen molar-refractivity contribution in [3.8, 4) is 0 Å². The van der Waals surface area contributed by atoms with E-state index in [2.05, 4.69) is 5.32 Å². The van der Waals surface area contributed by atoms with Crippen molar-refractivity contribution < 1.29 is 18.7 Å². The predicted molar refractivity (Wildman–Crippen MR) is 119 cm³/mol. The molecule has 0 radical (unpaired) electrons. The molecular weight excluding hydrogens is 394 g/mol. The minimum absolute atomic E-state index is 0.0584. The van der Waals surface area contributed by atoms with Crippen LogP contribution in [0.3, 0.4) is 0 Å². The van der Waals surface area contributed by atoms with E-state index in [1.165, 1.54) is 12.8 Å². The molecule has 170 valence electrons. The van der Waals surface area contributed by atoms with Gasteiger partial charge in [-0.25, -0.2) is 0 Å². The van der Waals surface area contributed by atoms with Gasteiger partial charge in [0.15, 0.2) is 5.58 Å². The Balaban J connectivity index is 1.63. The lowest BCUT2D eigenvalue weighted by atomic mass is 9.93. The number of rotatable bonds is 7. The van der Waals surface area contributed by atoms with E-state index < -0.39 is 5.54 Å². The predicted octanol–water partition coefficient (Wildman–Crippen LogP) is 4.02. The number of ether oxygens (including phenoxy) is 1. The van der Waals surface area contributed by atoms with E-state index in [1.807, 2.05) is 37.5 Å². The van der Waals surface area contributed by atoms with E-state index in [9.17, 15) is 9.59 Å². The first kappa shape index (κ1) is 21.9. The van der Waals surface area contributed by atoms with Crippen molar-refractivity contribution in [2.24, 2.45) is 0 Å². The lowest BCUT2D eigenvalue weighted by molar-refractivity contribution is -0.133. The van der Waals surface area contributed by atoms with Crippen molar-refractivity contribution in [1.29, 1.82) is 0 Å². The first-order chi connectivity index (χ1) is 14.9. The molecule has 1 aliphatic carbocycles. The number of nitrogens with one attached hydrogen (secondary N) is 1. The molecule has 1 N–H and O–H groups in total. The lowest BCUT2D eigenvalue weighted by Gasteiger charge is -2.44. The minimum Gasteiger partial charge on any atom is -0.460 e. The Morgan fingerprint density at radius 3 is 2.71 bits per heavy atom. The Hall–Kier alpha value is -2.28. The SMILES string of the molecule is CCOCCCN1C(=O)c2cc3oc(C)cc3n2C[C@@]1(C)C(=O)NC1CCCCCC1. The number of hydrogen-bond acceptors (Lipinski definition) is 4. The molecule has 2 aliphatic rings. The van der Waals surface area contributed by atoms with Crippen LogP contribution in [0.15, 0.2) is 16.5 Å². The highest BCUT2D eigenvalue weighted by atomic mass is 16.5. The molecule has 1 aliphatic heterocycles. The third kappa shape index (κ3) is 4.25. The highest BCUT2D eigenvalue weighted by molar-refractivity contribution is 6.03. The number of amides is 2. The average Bonchev–Trinajstić information content (AvgIpc) is 3.13. The molecule has 7 heteroatoms. The van der Waals surface area contributed by atoms with Gasteiger partial charge in [0, 0.05) is 37.9 Å². The molecule has 0 spiro atoms. The molecule has 1 saturated carbocycles. The highest BCUT2D eigenvalue weighted by Gasteiger charge is 2.48. The van der Waals surface area contributed by atoms with Crippen molar-refractivity contribution in [3.63, 3.8) is 0 Å². The largest absolute Gasteiger partial charge is 0.460 e. The number of carbonyl (C=O) groups is 2. The van der Waals surface area contributed by atoms with Gasteiger partial charge in [-0.15, -0.1) is 0 Å². The number of fused-ring (bicyclic) bond motifs is 3. The summed E-state index contributed by atoms with van der Waals surface area (Å²) in [6.07, 6.45) is 7.49. The zero-order valence-electron chi connectivity index (χ0n) is 19.0. The average molecular weight is 430 g/mol. The Morgan fingerprint density at radius 1 is 1.26 bits per heavy atom. The van der Waals surface area contributed by atoms with Crippen LogP contribution in [0, 0.1) is 6.92 Å². The van der Waals surface area contributed by atoms with Crippen molar-refractivity contribution >= 4 is 22.9 Å². The van der Waals surface area contributed by atoms with Crippen LogP contribution in [-0.2, 0) is 16.1 Å². The number of aryl methyl sites for hydroxylation is 1. The third-order valence-electron chi connectivity index (χ3n) is 6.79. The quantitative estimate of drug-likeness (QED) is 0.533. The van der Waals surface area contributed by atoms with E-state index in [-0.39, 0.29) is 17.9 Å². The van der Waals surface area contributed by atoms with Crippen LogP contribution in [0.4, 0.5) is 0 Å². The molecule has 2 amide bonds. The van der Waals surface area contributed by atoms with Gasteiger partial charge >= 0.3 is 0 Å². The second kappa shape index (κ2) is 9.07. The Labute approximate surface area is 184 Å². The summed E-state index contributed by atoms with van der Waals surface area (Å²) in [4.78, 5) is 28.9. The second-order valence-electron chi connectivity index (χ2n) is 9.17. The van der Waals surface area contributed by atoms with Gasteiger partial charge in [0.2, 0.25) is 5.91 Å². The summed E-state index contributed by atoms with van der Waals surface area (Å²) in [6.45, 7) is 7.88. The van der Waals surface area contributed by atoms with Gasteiger partial charge in [0.25, 0.3) is 5.91 Å². The standard InChI is InChI=1S/C24H35N3O4/c1-4-30-13-9-12-27-22(28)20-15-21-19(14-17(2)31-21)26(20)16-24(27,3)23(29)25-18-10-7-5-6-8-11-18/h14-15,18H,4-13,16H2,1-3H3,(H,25,29)/t24-/m0/s1. The molecule has 1 fully saturated rings. The fourth-order valence-electron chi connectivity index (χ4n) is 5.04. The fraction of sp³-hybridized carbons (Fsp3) is 0.667. The Kier molecular flexibility index (Phi) is 6.42. The van der Waals surface area contributed by atoms with Crippen molar-refractivity contribution in [1.82, 2.24) is 14.8 Å². The van der Waals surface area contributed by atoms with Crippen LogP contribution in [-0.4, -0.2) is 52.6 Å². The maximum absolute atomic E-state index is 13.6. The molecule has 0 unspecified atom stereocenters. The Bertz CT molecular complexity index is 938. The van der Waals surface area contributed by atoms with Gasteiger partial charge in [-0.05, 0) is 40.0 Å². The fourth-order valence-corrected chi connectivity index (χ4v) is 5.04. The lowest BCUT2D eigenvalue weighted by Crippen LogP contribution is -2.65. The molecule has 0 bridgehead atoms. The van der Waals surface area contributed by atoms with Crippen LogP contribution in [0.5, 0.6) is 0 Å². The highest BCUT2D eigenvalue weighted by Crippen LogP contribution is 2.34. The summed E-state index contributed by atoms with van der Waals surface area (Å²) >= 11 is 0. The number of nitrogens with zero attached hydrogens (tertiary/aromatic N) is 2. The number of furan rings is 1.